The summed E-state index contributed by atoms with van der Waals surface area (Å²) in [5.41, 5.74) is 0.171. The van der Waals surface area contributed by atoms with Crippen molar-refractivity contribution in [1.29, 1.82) is 0 Å². The minimum atomic E-state index is -0.608. The van der Waals surface area contributed by atoms with Gasteiger partial charge in [-0.1, -0.05) is 6.07 Å². The van der Waals surface area contributed by atoms with Crippen molar-refractivity contribution in [2.45, 2.75) is 19.9 Å². The number of benzene rings is 1. The van der Waals surface area contributed by atoms with E-state index < -0.39 is 17.0 Å². The number of Topliss-reactive ketones (excluding diaryl/α,β-unsaturated/α-hetero) is 1. The number of rotatable bonds is 4. The maximum atomic E-state index is 11.5. The number of ketones is 1. The van der Waals surface area contributed by atoms with Crippen LogP contribution in [0.25, 0.3) is 0 Å². The Hall–Kier alpha value is -2.44. The van der Waals surface area contributed by atoms with E-state index in [1.807, 2.05) is 0 Å². The number of nitrogens with zero attached hydrogens (tertiary/aromatic N) is 1. The van der Waals surface area contributed by atoms with Crippen molar-refractivity contribution in [3.63, 3.8) is 0 Å². The minimum Gasteiger partial charge on any atom is -0.328 e. The Bertz CT molecular complexity index is 487. The molecule has 0 saturated heterocycles. The van der Waals surface area contributed by atoms with Crippen LogP contribution in [0.15, 0.2) is 24.3 Å². The Labute approximate surface area is 103 Å². The maximum Gasteiger partial charge on any atom is 0.319 e. The largest absolute Gasteiger partial charge is 0.328 e. The summed E-state index contributed by atoms with van der Waals surface area (Å²) in [4.78, 5) is 32.4. The molecule has 0 spiro atoms. The van der Waals surface area contributed by atoms with Gasteiger partial charge in [-0.25, -0.2) is 4.79 Å². The van der Waals surface area contributed by atoms with Crippen LogP contribution in [0.1, 0.15) is 13.8 Å². The molecule has 1 unspecified atom stereocenters. The van der Waals surface area contributed by atoms with Crippen LogP contribution in [0.2, 0.25) is 0 Å². The zero-order chi connectivity index (χ0) is 13.7. The highest BCUT2D eigenvalue weighted by atomic mass is 16.6. The molecule has 0 saturated carbocycles. The molecule has 0 radical (unpaired) electrons. The van der Waals surface area contributed by atoms with Gasteiger partial charge in [0.2, 0.25) is 0 Å². The van der Waals surface area contributed by atoms with Gasteiger partial charge in [0.25, 0.3) is 5.69 Å². The number of hydrogen-bond donors (Lipinski definition) is 2. The molecule has 0 aliphatic rings. The van der Waals surface area contributed by atoms with Crippen LogP contribution in [-0.2, 0) is 4.79 Å². The summed E-state index contributed by atoms with van der Waals surface area (Å²) >= 11 is 0. The molecule has 1 aromatic carbocycles. The van der Waals surface area contributed by atoms with Crippen LogP contribution in [-0.4, -0.2) is 22.8 Å². The van der Waals surface area contributed by atoms with Gasteiger partial charge in [0, 0.05) is 17.8 Å². The molecule has 0 heterocycles. The predicted molar refractivity (Wildman–Crippen MR) is 65.4 cm³/mol. The molecule has 1 atom stereocenters. The summed E-state index contributed by atoms with van der Waals surface area (Å²) in [6.45, 7) is 2.91. The number of nitro benzene ring substituents is 1. The number of anilines is 1. The quantitative estimate of drug-likeness (QED) is 0.628. The topological polar surface area (TPSA) is 101 Å². The third-order valence-corrected chi connectivity index (χ3v) is 2.27. The van der Waals surface area contributed by atoms with E-state index in [2.05, 4.69) is 10.6 Å². The molecular weight excluding hydrogens is 238 g/mol. The third kappa shape index (κ3) is 3.85. The van der Waals surface area contributed by atoms with Gasteiger partial charge in [0.15, 0.2) is 5.78 Å². The molecule has 2 N–H and O–H groups in total. The molecule has 0 aliphatic heterocycles. The maximum absolute atomic E-state index is 11.5. The monoisotopic (exact) mass is 251 g/mol. The number of nitro groups is 1. The van der Waals surface area contributed by atoms with Gasteiger partial charge in [-0.05, 0) is 19.9 Å². The van der Waals surface area contributed by atoms with Crippen LogP contribution in [0.5, 0.6) is 0 Å². The summed E-state index contributed by atoms with van der Waals surface area (Å²) in [6.07, 6.45) is 0. The SMILES string of the molecule is CC(=O)C(C)NC(=O)Nc1cccc([N+](=O)[O-])c1. The van der Waals surface area contributed by atoms with Gasteiger partial charge in [-0.2, -0.15) is 0 Å². The van der Waals surface area contributed by atoms with Gasteiger partial charge < -0.3 is 10.6 Å². The second-order valence-electron chi connectivity index (χ2n) is 3.74. The third-order valence-electron chi connectivity index (χ3n) is 2.27. The number of hydrogen-bond acceptors (Lipinski definition) is 4. The molecule has 7 nitrogen and oxygen atoms in total. The molecule has 2 amide bonds. The van der Waals surface area contributed by atoms with Gasteiger partial charge in [0.1, 0.15) is 0 Å². The fraction of sp³-hybridized carbons (Fsp3) is 0.273. The van der Waals surface area contributed by atoms with E-state index in [0.717, 1.165) is 0 Å². The molecule has 1 rings (SSSR count). The van der Waals surface area contributed by atoms with E-state index in [1.165, 1.54) is 31.2 Å². The van der Waals surface area contributed by atoms with Crippen LogP contribution >= 0.6 is 0 Å². The van der Waals surface area contributed by atoms with Crippen molar-refractivity contribution < 1.29 is 14.5 Å². The molecular formula is C11H13N3O4. The van der Waals surface area contributed by atoms with E-state index in [-0.39, 0.29) is 17.2 Å². The highest BCUT2D eigenvalue weighted by molar-refractivity contribution is 5.93. The average molecular weight is 251 g/mol. The van der Waals surface area contributed by atoms with E-state index >= 15 is 0 Å². The first kappa shape index (κ1) is 13.6. The van der Waals surface area contributed by atoms with Crippen LogP contribution in [0.3, 0.4) is 0 Å². The Balaban J connectivity index is 2.67. The van der Waals surface area contributed by atoms with Crippen molar-refractivity contribution >= 4 is 23.2 Å². The minimum absolute atomic E-state index is 0.118. The number of non-ortho nitro benzene ring substituents is 1. The lowest BCUT2D eigenvalue weighted by Gasteiger charge is -2.11. The predicted octanol–water partition coefficient (Wildman–Crippen LogP) is 1.69. The summed E-state index contributed by atoms with van der Waals surface area (Å²) in [6, 6.07) is 4.34. The Morgan fingerprint density at radius 3 is 2.61 bits per heavy atom. The van der Waals surface area contributed by atoms with Crippen molar-refractivity contribution in [1.82, 2.24) is 5.32 Å². The summed E-state index contributed by atoms with van der Waals surface area (Å²) in [5.74, 6) is -0.177. The Kier molecular flexibility index (Phi) is 4.36. The first-order chi connectivity index (χ1) is 8.40. The first-order valence-electron chi connectivity index (χ1n) is 5.22. The fourth-order valence-electron chi connectivity index (χ4n) is 1.16. The summed E-state index contributed by atoms with van der Waals surface area (Å²) in [7, 11) is 0. The van der Waals surface area contributed by atoms with Crippen LogP contribution in [0.4, 0.5) is 16.2 Å². The molecule has 96 valence electrons. The smallest absolute Gasteiger partial charge is 0.319 e. The lowest BCUT2D eigenvalue weighted by molar-refractivity contribution is -0.384. The molecule has 0 fully saturated rings. The number of nitrogens with one attached hydrogen (secondary N) is 2. The lowest BCUT2D eigenvalue weighted by atomic mass is 10.2. The molecule has 0 bridgehead atoms. The molecule has 1 aromatic rings. The number of urea groups is 1. The number of carbonyl (C=O) groups excluding carboxylic acids is 2. The number of carbonyl (C=O) groups is 2. The van der Waals surface area contributed by atoms with E-state index in [4.69, 9.17) is 0 Å². The molecule has 18 heavy (non-hydrogen) atoms. The molecule has 0 aliphatic carbocycles. The molecule has 7 heteroatoms. The second-order valence-corrected chi connectivity index (χ2v) is 3.74. The number of amides is 2. The van der Waals surface area contributed by atoms with Gasteiger partial charge in [-0.15, -0.1) is 0 Å². The first-order valence-corrected chi connectivity index (χ1v) is 5.22. The summed E-state index contributed by atoms with van der Waals surface area (Å²) in [5, 5.41) is 15.4. The second kappa shape index (κ2) is 5.76. The van der Waals surface area contributed by atoms with Crippen molar-refractivity contribution in [2.24, 2.45) is 0 Å². The highest BCUT2D eigenvalue weighted by Gasteiger charge is 2.12. The van der Waals surface area contributed by atoms with Gasteiger partial charge in [-0.3, -0.25) is 14.9 Å². The zero-order valence-electron chi connectivity index (χ0n) is 9.97. The van der Waals surface area contributed by atoms with Crippen LogP contribution in [0, 0.1) is 10.1 Å². The van der Waals surface area contributed by atoms with Gasteiger partial charge >= 0.3 is 6.03 Å². The van der Waals surface area contributed by atoms with E-state index in [0.29, 0.717) is 0 Å². The standard InChI is InChI=1S/C11H13N3O4/c1-7(8(2)15)12-11(16)13-9-4-3-5-10(6-9)14(17)18/h3-7H,1-2H3,(H2,12,13,16). The average Bonchev–Trinajstić information content (AvgIpc) is 2.28. The van der Waals surface area contributed by atoms with Crippen LogP contribution < -0.4 is 10.6 Å². The fourth-order valence-corrected chi connectivity index (χ4v) is 1.16. The molecule has 0 aromatic heterocycles. The normalized spacial score (nSPS) is 11.4. The Morgan fingerprint density at radius 2 is 2.06 bits per heavy atom. The van der Waals surface area contributed by atoms with E-state index in [1.54, 1.807) is 6.92 Å². The van der Waals surface area contributed by atoms with Crippen molar-refractivity contribution in [2.75, 3.05) is 5.32 Å². The zero-order valence-corrected chi connectivity index (χ0v) is 9.97. The van der Waals surface area contributed by atoms with Gasteiger partial charge in [0.05, 0.1) is 11.0 Å². The Morgan fingerprint density at radius 1 is 1.39 bits per heavy atom. The van der Waals surface area contributed by atoms with Crippen molar-refractivity contribution in [3.05, 3.63) is 34.4 Å². The van der Waals surface area contributed by atoms with Crippen molar-refractivity contribution in [3.8, 4) is 0 Å². The summed E-state index contributed by atoms with van der Waals surface area (Å²) < 4.78 is 0. The lowest BCUT2D eigenvalue weighted by Crippen LogP contribution is -2.39. The van der Waals surface area contributed by atoms with E-state index in [9.17, 15) is 19.7 Å². The highest BCUT2D eigenvalue weighted by Crippen LogP contribution is 2.16.